The van der Waals surface area contributed by atoms with Crippen LogP contribution in [0.25, 0.3) is 0 Å². The Morgan fingerprint density at radius 3 is 2.92 bits per heavy atom. The highest BCUT2D eigenvalue weighted by molar-refractivity contribution is 4.97. The molecule has 0 bridgehead atoms. The highest BCUT2D eigenvalue weighted by Gasteiger charge is 1.96. The number of aromatic nitrogens is 2. The van der Waals surface area contributed by atoms with Crippen molar-refractivity contribution in [2.24, 2.45) is 5.73 Å². The van der Waals surface area contributed by atoms with E-state index in [0.29, 0.717) is 12.2 Å². The number of hydrogen-bond acceptors (Lipinski definition) is 3. The Labute approximate surface area is 71.0 Å². The molecule has 66 valence electrons. The maximum atomic E-state index is 11.2. The quantitative estimate of drug-likeness (QED) is 0.695. The molecule has 0 aliphatic rings. The van der Waals surface area contributed by atoms with E-state index in [9.17, 15) is 4.79 Å². The van der Waals surface area contributed by atoms with Crippen LogP contribution in [0.4, 0.5) is 0 Å². The second-order valence-corrected chi connectivity index (χ2v) is 2.60. The summed E-state index contributed by atoms with van der Waals surface area (Å²) < 4.78 is 1.58. The van der Waals surface area contributed by atoms with Gasteiger partial charge in [-0.2, -0.15) is 4.98 Å². The van der Waals surface area contributed by atoms with Crippen LogP contribution >= 0.6 is 0 Å². The molecule has 0 spiro atoms. The molecule has 1 heterocycles. The van der Waals surface area contributed by atoms with E-state index < -0.39 is 0 Å². The van der Waals surface area contributed by atoms with Crippen molar-refractivity contribution >= 4 is 0 Å². The van der Waals surface area contributed by atoms with Crippen LogP contribution in [0.3, 0.4) is 0 Å². The fourth-order valence-corrected chi connectivity index (χ4v) is 0.989. The Bertz CT molecular complexity index is 305. The Morgan fingerprint density at radius 2 is 2.42 bits per heavy atom. The predicted octanol–water partition coefficient (Wildman–Crippen LogP) is 0.112. The molecule has 12 heavy (non-hydrogen) atoms. The van der Waals surface area contributed by atoms with Crippen molar-refractivity contribution in [1.29, 1.82) is 0 Å². The van der Waals surface area contributed by atoms with Crippen LogP contribution in [0, 0.1) is 0 Å². The van der Waals surface area contributed by atoms with E-state index in [1.54, 1.807) is 16.8 Å². The van der Waals surface area contributed by atoms with E-state index in [2.05, 4.69) is 4.98 Å². The first-order chi connectivity index (χ1) is 5.77. The van der Waals surface area contributed by atoms with Crippen LogP contribution in [0.2, 0.25) is 0 Å². The lowest BCUT2D eigenvalue weighted by molar-refractivity contribution is 0.629. The number of rotatable bonds is 3. The second kappa shape index (κ2) is 4.01. The highest BCUT2D eigenvalue weighted by Crippen LogP contribution is 1.89. The molecule has 1 aromatic rings. The molecule has 0 unspecified atom stereocenters. The van der Waals surface area contributed by atoms with Gasteiger partial charge in [0.25, 0.3) is 0 Å². The molecule has 0 saturated heterocycles. The van der Waals surface area contributed by atoms with Crippen molar-refractivity contribution in [3.63, 3.8) is 0 Å². The van der Waals surface area contributed by atoms with Gasteiger partial charge in [-0.3, -0.25) is 4.57 Å². The van der Waals surface area contributed by atoms with Gasteiger partial charge in [0, 0.05) is 19.3 Å². The van der Waals surface area contributed by atoms with Gasteiger partial charge in [0.05, 0.1) is 5.69 Å². The van der Waals surface area contributed by atoms with Gasteiger partial charge in [-0.1, -0.05) is 6.92 Å². The normalized spacial score (nSPS) is 10.2. The van der Waals surface area contributed by atoms with Crippen LogP contribution in [-0.2, 0) is 13.1 Å². The lowest BCUT2D eigenvalue weighted by atomic mass is 10.4. The summed E-state index contributed by atoms with van der Waals surface area (Å²) in [6, 6.07) is 1.77. The molecule has 4 nitrogen and oxygen atoms in total. The molecule has 0 radical (unpaired) electrons. The van der Waals surface area contributed by atoms with Crippen LogP contribution in [0.1, 0.15) is 19.0 Å². The van der Waals surface area contributed by atoms with E-state index in [1.165, 1.54) is 0 Å². The van der Waals surface area contributed by atoms with Gasteiger partial charge in [-0.25, -0.2) is 4.79 Å². The third-order valence-electron chi connectivity index (χ3n) is 1.61. The zero-order chi connectivity index (χ0) is 8.97. The number of nitrogens with zero attached hydrogens (tertiary/aromatic N) is 2. The third kappa shape index (κ3) is 1.92. The number of aryl methyl sites for hydroxylation is 1. The van der Waals surface area contributed by atoms with Gasteiger partial charge < -0.3 is 5.73 Å². The summed E-state index contributed by atoms with van der Waals surface area (Å²) in [7, 11) is 0. The van der Waals surface area contributed by atoms with Gasteiger partial charge in [0.2, 0.25) is 0 Å². The molecular formula is C8H13N3O. The zero-order valence-corrected chi connectivity index (χ0v) is 7.16. The smallest absolute Gasteiger partial charge is 0.325 e. The van der Waals surface area contributed by atoms with Crippen LogP contribution in [0.5, 0.6) is 0 Å². The Hall–Kier alpha value is -1.16. The molecule has 4 heteroatoms. The Kier molecular flexibility index (Phi) is 2.99. The molecule has 0 aliphatic heterocycles. The largest absolute Gasteiger partial charge is 0.347 e. The van der Waals surface area contributed by atoms with Crippen molar-refractivity contribution in [2.45, 2.75) is 26.4 Å². The highest BCUT2D eigenvalue weighted by atomic mass is 16.1. The van der Waals surface area contributed by atoms with E-state index in [4.69, 9.17) is 5.73 Å². The minimum atomic E-state index is -0.209. The van der Waals surface area contributed by atoms with E-state index in [0.717, 1.165) is 13.0 Å². The zero-order valence-electron chi connectivity index (χ0n) is 7.16. The van der Waals surface area contributed by atoms with Crippen molar-refractivity contribution in [1.82, 2.24) is 9.55 Å². The fourth-order valence-electron chi connectivity index (χ4n) is 0.989. The first-order valence-corrected chi connectivity index (χ1v) is 4.04. The van der Waals surface area contributed by atoms with E-state index in [-0.39, 0.29) is 5.69 Å². The van der Waals surface area contributed by atoms with Crippen molar-refractivity contribution in [3.05, 3.63) is 28.4 Å². The molecule has 0 fully saturated rings. The average Bonchev–Trinajstić information content (AvgIpc) is 2.09. The Balaban J connectivity index is 2.96. The van der Waals surface area contributed by atoms with Crippen molar-refractivity contribution < 1.29 is 0 Å². The number of nitrogens with two attached hydrogens (primary N) is 1. The third-order valence-corrected chi connectivity index (χ3v) is 1.61. The van der Waals surface area contributed by atoms with E-state index >= 15 is 0 Å². The SMILES string of the molecule is CCCn1ccc(CN)nc1=O. The van der Waals surface area contributed by atoms with Gasteiger partial charge >= 0.3 is 5.69 Å². The molecule has 0 atom stereocenters. The molecule has 1 aromatic heterocycles. The predicted molar refractivity (Wildman–Crippen MR) is 46.7 cm³/mol. The van der Waals surface area contributed by atoms with Crippen LogP contribution in [-0.4, -0.2) is 9.55 Å². The van der Waals surface area contributed by atoms with Gasteiger partial charge in [0.1, 0.15) is 0 Å². The summed E-state index contributed by atoms with van der Waals surface area (Å²) >= 11 is 0. The molecule has 1 rings (SSSR count). The molecule has 0 aromatic carbocycles. The summed E-state index contributed by atoms with van der Waals surface area (Å²) in [6.45, 7) is 3.06. The summed E-state index contributed by atoms with van der Waals surface area (Å²) in [5.74, 6) is 0. The second-order valence-electron chi connectivity index (χ2n) is 2.60. The van der Waals surface area contributed by atoms with Crippen molar-refractivity contribution in [2.75, 3.05) is 0 Å². The molecule has 0 amide bonds. The lowest BCUT2D eigenvalue weighted by Gasteiger charge is -2.02. The topological polar surface area (TPSA) is 60.9 Å². The van der Waals surface area contributed by atoms with Crippen LogP contribution < -0.4 is 11.4 Å². The Morgan fingerprint density at radius 1 is 1.67 bits per heavy atom. The minimum Gasteiger partial charge on any atom is -0.325 e. The first kappa shape index (κ1) is 8.93. The van der Waals surface area contributed by atoms with Gasteiger partial charge in [0.15, 0.2) is 0 Å². The van der Waals surface area contributed by atoms with Gasteiger partial charge in [-0.15, -0.1) is 0 Å². The summed E-state index contributed by atoms with van der Waals surface area (Å²) in [4.78, 5) is 15.0. The van der Waals surface area contributed by atoms with Crippen LogP contribution in [0.15, 0.2) is 17.1 Å². The maximum absolute atomic E-state index is 11.2. The van der Waals surface area contributed by atoms with Crippen molar-refractivity contribution in [3.8, 4) is 0 Å². The molecule has 2 N–H and O–H groups in total. The average molecular weight is 167 g/mol. The summed E-state index contributed by atoms with van der Waals surface area (Å²) in [6.07, 6.45) is 2.67. The first-order valence-electron chi connectivity index (χ1n) is 4.04. The maximum Gasteiger partial charge on any atom is 0.347 e. The molecule has 0 saturated carbocycles. The fraction of sp³-hybridized carbons (Fsp3) is 0.500. The number of hydrogen-bond donors (Lipinski definition) is 1. The standard InChI is InChI=1S/C8H13N3O/c1-2-4-11-5-3-7(6-9)10-8(11)12/h3,5H,2,4,6,9H2,1H3. The monoisotopic (exact) mass is 167 g/mol. The van der Waals surface area contributed by atoms with Gasteiger partial charge in [-0.05, 0) is 12.5 Å². The molecular weight excluding hydrogens is 154 g/mol. The molecule has 0 aliphatic carbocycles. The lowest BCUT2D eigenvalue weighted by Crippen LogP contribution is -2.24. The van der Waals surface area contributed by atoms with E-state index in [1.807, 2.05) is 6.92 Å². The minimum absolute atomic E-state index is 0.209. The summed E-state index contributed by atoms with van der Waals surface area (Å²) in [5, 5.41) is 0. The summed E-state index contributed by atoms with van der Waals surface area (Å²) in [5.41, 5.74) is 5.77.